The zero-order chi connectivity index (χ0) is 30.8. The number of hydrogen-bond donors (Lipinski definition) is 1. The molecule has 0 aliphatic heterocycles. The highest BCUT2D eigenvalue weighted by Crippen LogP contribution is 2.32. The van der Waals surface area contributed by atoms with E-state index in [0.717, 1.165) is 53.8 Å². The minimum absolute atomic E-state index is 0.0486. The van der Waals surface area contributed by atoms with Crippen molar-refractivity contribution in [1.82, 2.24) is 10.2 Å². The second kappa shape index (κ2) is 14.9. The first-order valence-electron chi connectivity index (χ1n) is 14.6. The smallest absolute Gasteiger partial charge is 0.244 e. The molecule has 0 spiro atoms. The molecule has 0 radical (unpaired) electrons. The Morgan fingerprint density at radius 1 is 0.860 bits per heavy atom. The lowest BCUT2D eigenvalue weighted by atomic mass is 9.94. The zero-order valence-corrected chi connectivity index (χ0v) is 25.9. The molecule has 10 heteroatoms. The van der Waals surface area contributed by atoms with Gasteiger partial charge in [0.1, 0.15) is 12.6 Å². The normalized spacial score (nSPS) is 14.4. The first kappa shape index (κ1) is 31.9. The highest BCUT2D eigenvalue weighted by Gasteiger charge is 2.34. The van der Waals surface area contributed by atoms with E-state index in [2.05, 4.69) is 5.32 Å². The Morgan fingerprint density at radius 2 is 1.47 bits per heavy atom. The topological polar surface area (TPSA) is 105 Å². The lowest BCUT2D eigenvalue weighted by molar-refractivity contribution is -0.140. The zero-order valence-electron chi connectivity index (χ0n) is 25.1. The Morgan fingerprint density at radius 3 is 2.05 bits per heavy atom. The molecule has 43 heavy (non-hydrogen) atoms. The predicted octanol–water partition coefficient (Wildman–Crippen LogP) is 4.56. The number of hydrogen-bond acceptors (Lipinski definition) is 6. The number of carbonyl (C=O) groups is 2. The van der Waals surface area contributed by atoms with E-state index in [-0.39, 0.29) is 30.6 Å². The summed E-state index contributed by atoms with van der Waals surface area (Å²) in [5.74, 6) is 0.0240. The number of nitrogens with zero attached hydrogens (tertiary/aromatic N) is 2. The summed E-state index contributed by atoms with van der Waals surface area (Å²) >= 11 is 0. The first-order valence-corrected chi connectivity index (χ1v) is 16.4. The molecule has 2 amide bonds. The number of nitrogens with one attached hydrogen (secondary N) is 1. The summed E-state index contributed by atoms with van der Waals surface area (Å²) in [4.78, 5) is 29.8. The molecule has 0 bridgehead atoms. The van der Waals surface area contributed by atoms with Gasteiger partial charge >= 0.3 is 0 Å². The van der Waals surface area contributed by atoms with E-state index in [4.69, 9.17) is 9.47 Å². The summed E-state index contributed by atoms with van der Waals surface area (Å²) in [6, 6.07) is 22.8. The van der Waals surface area contributed by atoms with E-state index in [1.54, 1.807) is 12.1 Å². The molecule has 3 aromatic rings. The highest BCUT2D eigenvalue weighted by molar-refractivity contribution is 7.92. The van der Waals surface area contributed by atoms with Crippen LogP contribution in [0.15, 0.2) is 78.9 Å². The fourth-order valence-electron chi connectivity index (χ4n) is 5.47. The molecule has 0 aromatic heterocycles. The van der Waals surface area contributed by atoms with Crippen LogP contribution in [0.1, 0.15) is 43.2 Å². The van der Waals surface area contributed by atoms with Crippen molar-refractivity contribution in [3.8, 4) is 11.5 Å². The molecule has 0 heterocycles. The van der Waals surface area contributed by atoms with Crippen molar-refractivity contribution in [1.29, 1.82) is 0 Å². The van der Waals surface area contributed by atoms with Gasteiger partial charge < -0.3 is 19.7 Å². The third-order valence-electron chi connectivity index (χ3n) is 7.75. The molecule has 1 saturated carbocycles. The van der Waals surface area contributed by atoms with E-state index in [1.807, 2.05) is 60.7 Å². The summed E-state index contributed by atoms with van der Waals surface area (Å²) < 4.78 is 37.9. The molecule has 0 saturated heterocycles. The monoisotopic (exact) mass is 607 g/mol. The number of carbonyl (C=O) groups excluding carboxylic acids is 2. The lowest BCUT2D eigenvalue weighted by Gasteiger charge is -2.35. The van der Waals surface area contributed by atoms with Gasteiger partial charge in [0.15, 0.2) is 11.5 Å². The largest absolute Gasteiger partial charge is 0.493 e. The number of rotatable bonds is 13. The maximum atomic E-state index is 14.3. The van der Waals surface area contributed by atoms with Crippen molar-refractivity contribution < 1.29 is 27.5 Å². The van der Waals surface area contributed by atoms with Crippen LogP contribution in [0, 0.1) is 0 Å². The van der Waals surface area contributed by atoms with Gasteiger partial charge in [0.05, 0.1) is 26.2 Å². The minimum atomic E-state index is -3.90. The molecule has 230 valence electrons. The van der Waals surface area contributed by atoms with Gasteiger partial charge in [-0.05, 0) is 36.1 Å². The van der Waals surface area contributed by atoms with Crippen LogP contribution in [0.3, 0.4) is 0 Å². The number of amides is 2. The number of anilines is 1. The van der Waals surface area contributed by atoms with Gasteiger partial charge in [0.2, 0.25) is 21.8 Å². The van der Waals surface area contributed by atoms with Gasteiger partial charge in [-0.2, -0.15) is 0 Å². The fraction of sp³-hybridized carbons (Fsp3) is 0.394. The number of benzene rings is 3. The molecule has 1 atom stereocenters. The molecule has 1 fully saturated rings. The molecule has 4 rings (SSSR count). The van der Waals surface area contributed by atoms with E-state index in [0.29, 0.717) is 11.5 Å². The van der Waals surface area contributed by atoms with Crippen LogP contribution in [0.4, 0.5) is 5.69 Å². The second-order valence-electron chi connectivity index (χ2n) is 10.9. The van der Waals surface area contributed by atoms with E-state index in [9.17, 15) is 18.0 Å². The van der Waals surface area contributed by atoms with Crippen molar-refractivity contribution in [3.05, 3.63) is 90.0 Å². The average molecular weight is 608 g/mol. The molecule has 0 unspecified atom stereocenters. The molecule has 3 aromatic carbocycles. The Hall–Kier alpha value is -4.05. The highest BCUT2D eigenvalue weighted by atomic mass is 32.2. The van der Waals surface area contributed by atoms with Crippen molar-refractivity contribution in [3.63, 3.8) is 0 Å². The maximum Gasteiger partial charge on any atom is 0.244 e. The Kier molecular flexibility index (Phi) is 11.1. The molecule has 9 nitrogen and oxygen atoms in total. The summed E-state index contributed by atoms with van der Waals surface area (Å²) in [6.07, 6.45) is 6.39. The van der Waals surface area contributed by atoms with Gasteiger partial charge in [0, 0.05) is 25.1 Å². The molecular formula is C33H41N3O6S. The third kappa shape index (κ3) is 8.73. The van der Waals surface area contributed by atoms with Crippen molar-refractivity contribution in [2.45, 2.75) is 57.2 Å². The number of ether oxygens (including phenoxy) is 2. The first-order chi connectivity index (χ1) is 20.7. The quantitative estimate of drug-likeness (QED) is 0.306. The van der Waals surface area contributed by atoms with Crippen molar-refractivity contribution in [2.75, 3.05) is 31.3 Å². The third-order valence-corrected chi connectivity index (χ3v) is 8.89. The Bertz CT molecular complexity index is 1460. The molecule has 1 aliphatic rings. The molecule has 1 aliphatic carbocycles. The van der Waals surface area contributed by atoms with Gasteiger partial charge in [-0.1, -0.05) is 79.9 Å². The van der Waals surface area contributed by atoms with Gasteiger partial charge in [-0.25, -0.2) is 8.42 Å². The van der Waals surface area contributed by atoms with Gasteiger partial charge in [-0.15, -0.1) is 0 Å². The predicted molar refractivity (Wildman–Crippen MR) is 168 cm³/mol. The van der Waals surface area contributed by atoms with Crippen LogP contribution in [0.25, 0.3) is 0 Å². The van der Waals surface area contributed by atoms with Crippen LogP contribution in [0.5, 0.6) is 11.5 Å². The lowest BCUT2D eigenvalue weighted by Crippen LogP contribution is -2.55. The van der Waals surface area contributed by atoms with Gasteiger partial charge in [0.25, 0.3) is 0 Å². The molecular weight excluding hydrogens is 566 g/mol. The van der Waals surface area contributed by atoms with E-state index in [1.165, 1.54) is 25.2 Å². The number of methoxy groups -OCH3 is 2. The standard InChI is InChI=1S/C33H41N3O6S/c1-41-30-20-19-28(22-31(30)42-2)36(43(3,39)40)24-32(37)35(23-26-15-9-5-10-16-26)29(21-25-13-7-4-8-14-25)33(38)34-27-17-11-6-12-18-27/h4-5,7-10,13-16,19-20,22,27,29H,6,11-12,17-18,21,23-24H2,1-3H3,(H,34,38)/t29-/m1/s1. The SMILES string of the molecule is COc1ccc(N(CC(=O)N(Cc2ccccc2)[C@H](Cc2ccccc2)C(=O)NC2CCCCC2)S(C)(=O)=O)cc1OC. The van der Waals surface area contributed by atoms with Crippen molar-refractivity contribution >= 4 is 27.5 Å². The fourth-order valence-corrected chi connectivity index (χ4v) is 6.31. The average Bonchev–Trinajstić information content (AvgIpc) is 3.02. The summed E-state index contributed by atoms with van der Waals surface area (Å²) in [5, 5.41) is 3.21. The van der Waals surface area contributed by atoms with Crippen LogP contribution >= 0.6 is 0 Å². The molecule has 1 N–H and O–H groups in total. The van der Waals surface area contributed by atoms with E-state index < -0.39 is 28.5 Å². The van der Waals surface area contributed by atoms with Gasteiger partial charge in [-0.3, -0.25) is 13.9 Å². The van der Waals surface area contributed by atoms with E-state index >= 15 is 0 Å². The summed E-state index contributed by atoms with van der Waals surface area (Å²) in [7, 11) is -0.958. The Balaban J connectivity index is 1.72. The minimum Gasteiger partial charge on any atom is -0.493 e. The summed E-state index contributed by atoms with van der Waals surface area (Å²) in [6.45, 7) is -0.359. The van der Waals surface area contributed by atoms with Crippen LogP contribution in [-0.4, -0.2) is 64.2 Å². The van der Waals surface area contributed by atoms with Crippen LogP contribution < -0.4 is 19.1 Å². The maximum absolute atomic E-state index is 14.3. The Labute approximate surface area is 254 Å². The number of sulfonamides is 1. The van der Waals surface area contributed by atoms with Crippen LogP contribution in [0.2, 0.25) is 0 Å². The van der Waals surface area contributed by atoms with Crippen LogP contribution in [-0.2, 0) is 32.6 Å². The summed E-state index contributed by atoms with van der Waals surface area (Å²) in [5.41, 5.74) is 1.98. The van der Waals surface area contributed by atoms with Crippen molar-refractivity contribution in [2.24, 2.45) is 0 Å². The second-order valence-corrected chi connectivity index (χ2v) is 12.8.